The van der Waals surface area contributed by atoms with Gasteiger partial charge in [0.1, 0.15) is 30.3 Å². The summed E-state index contributed by atoms with van der Waals surface area (Å²) in [6.45, 7) is 0.952. The van der Waals surface area contributed by atoms with Gasteiger partial charge < -0.3 is 46.4 Å². The Hall–Kier alpha value is -2.86. The summed E-state index contributed by atoms with van der Waals surface area (Å²) in [7, 11) is 2.09. The second-order valence-corrected chi connectivity index (χ2v) is 11.7. The van der Waals surface area contributed by atoms with Gasteiger partial charge in [0, 0.05) is 12.6 Å². The Labute approximate surface area is 222 Å². The number of aliphatic hydroxyl groups excluding tert-OH is 2. The van der Waals surface area contributed by atoms with Crippen molar-refractivity contribution in [2.45, 2.75) is 81.2 Å². The monoisotopic (exact) mass is 522 g/mol. The quantitative estimate of drug-likeness (QED) is 0.303. The van der Waals surface area contributed by atoms with Crippen LogP contribution in [0.3, 0.4) is 0 Å². The van der Waals surface area contributed by atoms with Crippen molar-refractivity contribution in [3.8, 4) is 0 Å². The molecule has 2 saturated carbocycles. The number of nitrogens with one attached hydrogen (secondary N) is 3. The van der Waals surface area contributed by atoms with E-state index in [0.717, 1.165) is 25.2 Å². The number of anilines is 5. The molecule has 11 nitrogen and oxygen atoms in total. The van der Waals surface area contributed by atoms with Gasteiger partial charge in [0.2, 0.25) is 0 Å². The largest absolute Gasteiger partial charge is 0.387 e. The van der Waals surface area contributed by atoms with Gasteiger partial charge in [-0.3, -0.25) is 0 Å². The fraction of sp³-hybridized carbons (Fsp3) is 0.630. The van der Waals surface area contributed by atoms with Crippen molar-refractivity contribution >= 4 is 28.7 Å². The molecule has 1 aromatic heterocycles. The molecule has 0 radical (unpaired) electrons. The van der Waals surface area contributed by atoms with E-state index in [2.05, 4.69) is 56.1 Å². The zero-order valence-corrected chi connectivity index (χ0v) is 21.8. The molecule has 0 spiro atoms. The van der Waals surface area contributed by atoms with Crippen LogP contribution in [0.1, 0.15) is 50.0 Å². The lowest BCUT2D eigenvalue weighted by molar-refractivity contribution is -0.0259. The van der Waals surface area contributed by atoms with Gasteiger partial charge in [-0.25, -0.2) is 9.97 Å². The molecule has 2 aromatic rings. The molecule has 1 saturated heterocycles. The number of aromatic nitrogens is 2. The zero-order chi connectivity index (χ0) is 26.0. The number of nitrogens with zero attached hydrogens (tertiary/aromatic N) is 4. The average molecular weight is 523 g/mol. The van der Waals surface area contributed by atoms with Crippen molar-refractivity contribution in [1.82, 2.24) is 14.9 Å². The molecule has 0 amide bonds. The highest BCUT2D eigenvalue weighted by molar-refractivity contribution is 5.80. The lowest BCUT2D eigenvalue weighted by Crippen LogP contribution is -2.48. The first kappa shape index (κ1) is 24.2. The van der Waals surface area contributed by atoms with Gasteiger partial charge in [0.15, 0.2) is 17.9 Å². The number of hydrogen-bond donors (Lipinski definition) is 6. The molecule has 7 rings (SSSR count). The summed E-state index contributed by atoms with van der Waals surface area (Å²) in [5, 5.41) is 32.0. The van der Waals surface area contributed by atoms with E-state index in [1.165, 1.54) is 42.5 Å². The topological polar surface area (TPSA) is 144 Å². The van der Waals surface area contributed by atoms with E-state index in [1.54, 1.807) is 4.90 Å². The van der Waals surface area contributed by atoms with Crippen LogP contribution in [0.5, 0.6) is 0 Å². The number of rotatable bonds is 8. The standard InChI is InChI=1S/C27H38N8O3/c1-34(11-20-23(36)24(37)27(38-20)35-13-31-22-25(28)29-12-30-26(22)35)17-8-14(9-17)2-7-21-32-18-6-5-16(15-3-4-15)10-19(18)33-21/h5-6,10,12,14-15,17,20-21,23-24,27,31-33,36-37H,2-4,7-9,11,13H2,1H3,(H2,28,29,30)/t14?,17?,20-,21?,23-,24-,27-/m1/s1. The van der Waals surface area contributed by atoms with Crippen LogP contribution in [0.15, 0.2) is 24.5 Å². The predicted octanol–water partition coefficient (Wildman–Crippen LogP) is 1.93. The first-order valence-corrected chi connectivity index (χ1v) is 13.9. The summed E-state index contributed by atoms with van der Waals surface area (Å²) in [6.07, 6.45) is 5.77. The van der Waals surface area contributed by atoms with E-state index in [-0.39, 0.29) is 0 Å². The Morgan fingerprint density at radius 2 is 1.92 bits per heavy atom. The summed E-state index contributed by atoms with van der Waals surface area (Å²) in [5.41, 5.74) is 10.5. The van der Waals surface area contributed by atoms with Crippen LogP contribution in [-0.2, 0) is 4.74 Å². The van der Waals surface area contributed by atoms with Gasteiger partial charge >= 0.3 is 0 Å². The molecule has 5 atom stereocenters. The number of hydrogen-bond acceptors (Lipinski definition) is 11. The molecular weight excluding hydrogens is 484 g/mol. The van der Waals surface area contributed by atoms with Crippen LogP contribution in [-0.4, -0.2) is 82.1 Å². The third kappa shape index (κ3) is 4.31. The van der Waals surface area contributed by atoms with E-state index in [0.29, 0.717) is 48.7 Å². The molecule has 1 aromatic carbocycles. The van der Waals surface area contributed by atoms with Crippen LogP contribution in [0.2, 0.25) is 0 Å². The van der Waals surface area contributed by atoms with Crippen LogP contribution in [0.4, 0.5) is 28.7 Å². The molecular formula is C27H38N8O3. The Bertz CT molecular complexity index is 1190. The van der Waals surface area contributed by atoms with Crippen molar-refractivity contribution in [2.24, 2.45) is 5.92 Å². The number of nitrogens with two attached hydrogens (primary N) is 1. The Morgan fingerprint density at radius 3 is 2.74 bits per heavy atom. The molecule has 4 heterocycles. The number of ether oxygens (including phenoxy) is 1. The maximum Gasteiger partial charge on any atom is 0.162 e. The fourth-order valence-electron chi connectivity index (χ4n) is 6.53. The summed E-state index contributed by atoms with van der Waals surface area (Å²) in [5.74, 6) is 2.43. The lowest BCUT2D eigenvalue weighted by atomic mass is 9.76. The molecule has 11 heteroatoms. The summed E-state index contributed by atoms with van der Waals surface area (Å²) in [6, 6.07) is 7.30. The maximum absolute atomic E-state index is 10.8. The minimum Gasteiger partial charge on any atom is -0.387 e. The van der Waals surface area contributed by atoms with Gasteiger partial charge in [-0.05, 0) is 75.1 Å². The molecule has 3 fully saturated rings. The van der Waals surface area contributed by atoms with E-state index in [9.17, 15) is 10.2 Å². The minimum absolute atomic E-state index is 0.308. The van der Waals surface area contributed by atoms with Gasteiger partial charge in [-0.15, -0.1) is 0 Å². The van der Waals surface area contributed by atoms with E-state index in [4.69, 9.17) is 10.5 Å². The van der Waals surface area contributed by atoms with Crippen LogP contribution >= 0.6 is 0 Å². The van der Waals surface area contributed by atoms with Crippen molar-refractivity contribution in [1.29, 1.82) is 0 Å². The molecule has 7 N–H and O–H groups in total. The van der Waals surface area contributed by atoms with E-state index >= 15 is 0 Å². The average Bonchev–Trinajstić information content (AvgIpc) is 3.42. The zero-order valence-electron chi connectivity index (χ0n) is 21.8. The Kier molecular flexibility index (Phi) is 5.99. The molecule has 5 aliphatic rings. The van der Waals surface area contributed by atoms with Gasteiger partial charge in [-0.2, -0.15) is 0 Å². The lowest BCUT2D eigenvalue weighted by Gasteiger charge is -2.42. The Morgan fingerprint density at radius 1 is 1.11 bits per heavy atom. The summed E-state index contributed by atoms with van der Waals surface area (Å²) < 4.78 is 6.18. The highest BCUT2D eigenvalue weighted by atomic mass is 16.6. The van der Waals surface area contributed by atoms with E-state index in [1.807, 2.05) is 0 Å². The second kappa shape index (κ2) is 9.41. The number of benzene rings is 1. The Balaban J connectivity index is 0.873. The molecule has 204 valence electrons. The first-order chi connectivity index (χ1) is 18.4. The molecule has 2 aliphatic carbocycles. The second-order valence-electron chi connectivity index (χ2n) is 11.7. The van der Waals surface area contributed by atoms with Crippen LogP contribution < -0.4 is 26.6 Å². The molecule has 38 heavy (non-hydrogen) atoms. The first-order valence-electron chi connectivity index (χ1n) is 13.9. The van der Waals surface area contributed by atoms with Crippen LogP contribution in [0, 0.1) is 5.92 Å². The molecule has 0 bridgehead atoms. The fourth-order valence-corrected chi connectivity index (χ4v) is 6.53. The summed E-state index contributed by atoms with van der Waals surface area (Å²) >= 11 is 0. The number of nitrogen functional groups attached to an aromatic ring is 1. The SMILES string of the molecule is CN(C[C@H]1O[C@@H](N2CNc3c(N)ncnc32)[C@H](O)[C@@H]1O)C1CC(CCC2Nc3ccc(C4CC4)cc3N2)C1. The third-order valence-electron chi connectivity index (χ3n) is 9.12. The van der Waals surface area contributed by atoms with Gasteiger partial charge in [-0.1, -0.05) is 6.07 Å². The highest BCUT2D eigenvalue weighted by Gasteiger charge is 2.48. The van der Waals surface area contributed by atoms with Crippen molar-refractivity contribution < 1.29 is 14.9 Å². The predicted molar refractivity (Wildman–Crippen MR) is 146 cm³/mol. The van der Waals surface area contributed by atoms with Gasteiger partial charge in [0.25, 0.3) is 0 Å². The minimum atomic E-state index is -1.04. The van der Waals surface area contributed by atoms with Crippen molar-refractivity contribution in [3.05, 3.63) is 30.1 Å². The summed E-state index contributed by atoms with van der Waals surface area (Å²) in [4.78, 5) is 12.4. The smallest absolute Gasteiger partial charge is 0.162 e. The van der Waals surface area contributed by atoms with Gasteiger partial charge in [0.05, 0.1) is 24.2 Å². The van der Waals surface area contributed by atoms with E-state index < -0.39 is 24.5 Å². The van der Waals surface area contributed by atoms with Crippen molar-refractivity contribution in [3.63, 3.8) is 0 Å². The number of likely N-dealkylation sites (N-methyl/N-ethyl adjacent to an activating group) is 1. The third-order valence-corrected chi connectivity index (χ3v) is 9.12. The van der Waals surface area contributed by atoms with Crippen molar-refractivity contribution in [2.75, 3.05) is 46.8 Å². The molecule has 1 unspecified atom stereocenters. The maximum atomic E-state index is 10.8. The normalized spacial score (nSPS) is 33.4. The number of fused-ring (bicyclic) bond motifs is 2. The number of aliphatic hydroxyl groups is 2. The highest BCUT2D eigenvalue weighted by Crippen LogP contribution is 2.44. The van der Waals surface area contributed by atoms with Crippen LogP contribution in [0.25, 0.3) is 0 Å². The molecule has 3 aliphatic heterocycles.